The fraction of sp³-hybridized carbons (Fsp3) is 0.657. The largest absolute Gasteiger partial charge is 0.445 e. The Morgan fingerprint density at radius 2 is 1.70 bits per heavy atom. The average Bonchev–Trinajstić information content (AvgIpc) is 3.06. The molecule has 2 unspecified atom stereocenters. The van der Waals surface area contributed by atoms with Crippen LogP contribution in [-0.2, 0) is 11.3 Å². The summed E-state index contributed by atoms with van der Waals surface area (Å²) >= 11 is 0. The zero-order valence-electron chi connectivity index (χ0n) is 26.7. The predicted octanol–water partition coefficient (Wildman–Crippen LogP) is 7.93. The molecule has 3 N–H and O–H groups in total. The van der Waals surface area contributed by atoms with Crippen molar-refractivity contribution in [3.05, 3.63) is 47.7 Å². The molecule has 234 valence electrons. The lowest BCUT2D eigenvalue weighted by Gasteiger charge is -2.60. The second kappa shape index (κ2) is 15.9. The topological polar surface area (TPSA) is 112 Å². The van der Waals surface area contributed by atoms with Crippen LogP contribution >= 0.6 is 0 Å². The number of aromatic nitrogens is 2. The number of hydrogen-bond donors (Lipinski definition) is 3. The highest BCUT2D eigenvalue weighted by Gasteiger charge is 2.55. The average molecular weight is 589 g/mol. The van der Waals surface area contributed by atoms with Crippen molar-refractivity contribution >= 4 is 17.9 Å². The van der Waals surface area contributed by atoms with Crippen LogP contribution in [0.25, 0.3) is 0 Å². The Hall–Kier alpha value is -3.34. The normalized spacial score (nSPS) is 27.0. The maximum atomic E-state index is 12.7. The van der Waals surface area contributed by atoms with Gasteiger partial charge in [-0.3, -0.25) is 0 Å². The van der Waals surface area contributed by atoms with Crippen LogP contribution in [0.3, 0.4) is 0 Å². The number of ether oxygens (including phenoxy) is 1. The van der Waals surface area contributed by atoms with Crippen LogP contribution in [0, 0.1) is 40.4 Å². The summed E-state index contributed by atoms with van der Waals surface area (Å²) in [5.41, 5.74) is 1.66. The summed E-state index contributed by atoms with van der Waals surface area (Å²) in [7, 11) is 0. The van der Waals surface area contributed by atoms with Gasteiger partial charge in [0.25, 0.3) is 0 Å². The van der Waals surface area contributed by atoms with E-state index in [0.717, 1.165) is 31.5 Å². The fourth-order valence-corrected chi connectivity index (χ4v) is 8.13. The molecule has 5 aliphatic rings. The van der Waals surface area contributed by atoms with Gasteiger partial charge in [0.15, 0.2) is 0 Å². The third-order valence-corrected chi connectivity index (χ3v) is 9.71. The first-order valence-corrected chi connectivity index (χ1v) is 16.8. The third kappa shape index (κ3) is 8.40. The number of nitrogens with zero attached hydrogens (tertiary/aromatic N) is 3. The van der Waals surface area contributed by atoms with E-state index >= 15 is 0 Å². The summed E-state index contributed by atoms with van der Waals surface area (Å²) in [6, 6.07) is 12.3. The number of carbonyl (C=O) groups excluding carboxylic acids is 1. The summed E-state index contributed by atoms with van der Waals surface area (Å²) in [5, 5.41) is 19.9. The van der Waals surface area contributed by atoms with Gasteiger partial charge in [-0.05, 0) is 79.6 Å². The van der Waals surface area contributed by atoms with Crippen molar-refractivity contribution in [2.45, 2.75) is 105 Å². The van der Waals surface area contributed by atoms with Crippen LogP contribution < -0.4 is 16.0 Å². The Labute approximate surface area is 258 Å². The van der Waals surface area contributed by atoms with Crippen LogP contribution in [0.4, 0.5) is 16.6 Å². The van der Waals surface area contributed by atoms with Crippen LogP contribution in [0.15, 0.2) is 36.5 Å². The van der Waals surface area contributed by atoms with Crippen molar-refractivity contribution in [1.29, 1.82) is 5.26 Å². The smallest absolute Gasteiger partial charge is 0.407 e. The molecule has 1 aromatic heterocycles. The van der Waals surface area contributed by atoms with Gasteiger partial charge < -0.3 is 20.7 Å². The minimum absolute atomic E-state index is 0.177. The molecule has 0 spiro atoms. The molecular formula is C35H52N6O2. The molecule has 0 saturated heterocycles. The molecule has 43 heavy (non-hydrogen) atoms. The molecule has 8 nitrogen and oxygen atoms in total. The highest BCUT2D eigenvalue weighted by Crippen LogP contribution is 2.60. The molecule has 5 fully saturated rings. The Balaban J connectivity index is 0.00000102. The zero-order chi connectivity index (χ0) is 30.7. The molecule has 4 bridgehead atoms. The van der Waals surface area contributed by atoms with Gasteiger partial charge in [-0.25, -0.2) is 9.78 Å². The van der Waals surface area contributed by atoms with Crippen LogP contribution in [0.5, 0.6) is 0 Å². The number of amides is 1. The van der Waals surface area contributed by atoms with E-state index in [1.165, 1.54) is 51.4 Å². The number of anilines is 2. The van der Waals surface area contributed by atoms with Crippen molar-refractivity contribution in [2.75, 3.05) is 23.7 Å². The van der Waals surface area contributed by atoms with E-state index in [2.05, 4.69) is 27.0 Å². The molecule has 8 heteroatoms. The monoisotopic (exact) mass is 588 g/mol. The quantitative estimate of drug-likeness (QED) is 0.273. The first kappa shape index (κ1) is 32.6. The molecule has 7 rings (SSSR count). The second-order valence-corrected chi connectivity index (χ2v) is 12.5. The molecule has 2 aromatic rings. The maximum Gasteiger partial charge on any atom is 0.407 e. The Morgan fingerprint density at radius 3 is 2.37 bits per heavy atom. The minimum Gasteiger partial charge on any atom is -0.445 e. The van der Waals surface area contributed by atoms with Gasteiger partial charge in [0.2, 0.25) is 5.95 Å². The van der Waals surface area contributed by atoms with Crippen LogP contribution in [-0.4, -0.2) is 35.2 Å². The van der Waals surface area contributed by atoms with Gasteiger partial charge in [0.1, 0.15) is 24.1 Å². The highest BCUT2D eigenvalue weighted by atomic mass is 16.5. The van der Waals surface area contributed by atoms with Gasteiger partial charge in [-0.1, -0.05) is 77.3 Å². The number of hydrogen-bond acceptors (Lipinski definition) is 7. The lowest BCUT2D eigenvalue weighted by atomic mass is 9.48. The summed E-state index contributed by atoms with van der Waals surface area (Å²) in [5.74, 6) is 3.56. The van der Waals surface area contributed by atoms with Crippen LogP contribution in [0.2, 0.25) is 0 Å². The van der Waals surface area contributed by atoms with E-state index in [0.29, 0.717) is 47.6 Å². The molecular weight excluding hydrogens is 536 g/mol. The van der Waals surface area contributed by atoms with Crippen molar-refractivity contribution in [1.82, 2.24) is 15.3 Å². The van der Waals surface area contributed by atoms with Gasteiger partial charge >= 0.3 is 6.09 Å². The number of nitriles is 1. The predicted molar refractivity (Wildman–Crippen MR) is 173 cm³/mol. The lowest BCUT2D eigenvalue weighted by molar-refractivity contribution is -0.0683. The molecule has 5 aliphatic carbocycles. The molecule has 0 aliphatic heterocycles. The maximum absolute atomic E-state index is 12.7. The first-order valence-electron chi connectivity index (χ1n) is 16.8. The molecule has 1 heterocycles. The van der Waals surface area contributed by atoms with Gasteiger partial charge in [-0.2, -0.15) is 10.2 Å². The zero-order valence-corrected chi connectivity index (χ0v) is 26.7. The van der Waals surface area contributed by atoms with E-state index in [9.17, 15) is 10.1 Å². The van der Waals surface area contributed by atoms with Gasteiger partial charge in [0.05, 0.1) is 6.20 Å². The van der Waals surface area contributed by atoms with E-state index in [-0.39, 0.29) is 17.6 Å². The Kier molecular flexibility index (Phi) is 12.1. The van der Waals surface area contributed by atoms with Crippen molar-refractivity contribution in [3.63, 3.8) is 0 Å². The lowest BCUT2D eigenvalue weighted by Crippen LogP contribution is -2.60. The third-order valence-electron chi connectivity index (χ3n) is 9.71. The standard InChI is InChI=1S/C31H40N6O2.2C2H6/c32-16-26-18-34-29(33-17-21-7-3-1-4-8-21)37-28(26)35-20-31-13-23-11-24(14-31)27(25(12-23)15-31)36-30(38)39-19-22-9-5-2-6-10-22;2*1-2/h2,5-6,9-10,18,21,23-25,27H,1,3-4,7-8,11-15,17,19-20H2,(H,36,38)(H2,33,34,35,37);2*1-2H3. The number of benzene rings is 1. The van der Waals surface area contributed by atoms with E-state index in [1.807, 2.05) is 58.0 Å². The number of carbonyl (C=O) groups is 1. The minimum atomic E-state index is -0.309. The van der Waals surface area contributed by atoms with Gasteiger partial charge in [-0.15, -0.1) is 0 Å². The first-order chi connectivity index (χ1) is 21.1. The molecule has 0 radical (unpaired) electrons. The van der Waals surface area contributed by atoms with Gasteiger partial charge in [0, 0.05) is 19.1 Å². The van der Waals surface area contributed by atoms with E-state index < -0.39 is 0 Å². The van der Waals surface area contributed by atoms with E-state index in [1.54, 1.807) is 6.20 Å². The Bertz CT molecular complexity index is 1180. The second-order valence-electron chi connectivity index (χ2n) is 12.5. The summed E-state index contributed by atoms with van der Waals surface area (Å²) in [4.78, 5) is 21.8. The molecule has 1 amide bonds. The van der Waals surface area contributed by atoms with Crippen LogP contribution in [0.1, 0.15) is 103 Å². The highest BCUT2D eigenvalue weighted by molar-refractivity contribution is 5.67. The Morgan fingerprint density at radius 1 is 1.00 bits per heavy atom. The van der Waals surface area contributed by atoms with Crippen molar-refractivity contribution < 1.29 is 9.53 Å². The summed E-state index contributed by atoms with van der Waals surface area (Å²) < 4.78 is 5.55. The number of alkyl carbamates (subject to hydrolysis) is 1. The summed E-state index contributed by atoms with van der Waals surface area (Å²) in [6.45, 7) is 9.99. The van der Waals surface area contributed by atoms with Crippen molar-refractivity contribution in [3.8, 4) is 6.07 Å². The number of rotatable bonds is 9. The fourth-order valence-electron chi connectivity index (χ4n) is 8.13. The molecule has 5 saturated carbocycles. The molecule has 2 atom stereocenters. The SMILES string of the molecule is CC.CC.N#Cc1cnc(NCC2CCCCC2)nc1NCC12CC3CC(C1)C(NC(=O)OCc1ccccc1)C(C3)C2. The van der Waals surface area contributed by atoms with E-state index in [4.69, 9.17) is 9.72 Å². The molecule has 1 aromatic carbocycles. The van der Waals surface area contributed by atoms with Crippen molar-refractivity contribution in [2.24, 2.45) is 29.1 Å². The summed E-state index contributed by atoms with van der Waals surface area (Å²) in [6.07, 6.45) is 13.5. The number of nitrogens with one attached hydrogen (secondary N) is 3.